The lowest BCUT2D eigenvalue weighted by Gasteiger charge is -2.16. The Morgan fingerprint density at radius 2 is 2.21 bits per heavy atom. The van der Waals surface area contributed by atoms with Crippen LogP contribution < -0.4 is 0 Å². The minimum Gasteiger partial charge on any atom is -0.396 e. The summed E-state index contributed by atoms with van der Waals surface area (Å²) in [5.74, 6) is -0.00273. The zero-order chi connectivity index (χ0) is 10.6. The Hall–Kier alpha value is -0.470. The summed E-state index contributed by atoms with van der Waals surface area (Å²) in [6.07, 6.45) is 3.08. The summed E-state index contributed by atoms with van der Waals surface area (Å²) in [4.78, 5) is 1.30. The van der Waals surface area contributed by atoms with Crippen LogP contribution in [0.1, 0.15) is 24.0 Å². The Kier molecular flexibility index (Phi) is 4.49. The Bertz CT molecular complexity index is 296. The van der Waals surface area contributed by atoms with Crippen molar-refractivity contribution in [2.45, 2.75) is 24.2 Å². The van der Waals surface area contributed by atoms with Crippen molar-refractivity contribution in [3.8, 4) is 0 Å². The lowest BCUT2D eigenvalue weighted by molar-refractivity contribution is 0.282. The van der Waals surface area contributed by atoms with Crippen LogP contribution in [0.25, 0.3) is 0 Å². The molecule has 0 fully saturated rings. The van der Waals surface area contributed by atoms with E-state index in [0.29, 0.717) is 0 Å². The van der Waals surface area contributed by atoms with E-state index >= 15 is 0 Å². The van der Waals surface area contributed by atoms with Gasteiger partial charge in [0.15, 0.2) is 0 Å². The predicted molar refractivity (Wildman–Crippen MR) is 62.8 cm³/mol. The molecule has 0 aromatic heterocycles. The van der Waals surface area contributed by atoms with Gasteiger partial charge >= 0.3 is 0 Å². The number of rotatable bonds is 4. The van der Waals surface area contributed by atoms with E-state index in [0.717, 1.165) is 6.42 Å². The average Bonchev–Trinajstić information content (AvgIpc) is 2.26. The van der Waals surface area contributed by atoms with Crippen molar-refractivity contribution in [1.82, 2.24) is 0 Å². The minimum atomic E-state index is -0.00273. The van der Waals surface area contributed by atoms with E-state index in [-0.39, 0.29) is 12.5 Å². The van der Waals surface area contributed by atoms with Gasteiger partial charge in [-0.3, -0.25) is 0 Å². The molecular formula is C12H17OS. The fourth-order valence-electron chi connectivity index (χ4n) is 1.63. The number of aliphatic hydroxyl groups excluding tert-OH is 1. The van der Waals surface area contributed by atoms with Crippen molar-refractivity contribution >= 4 is 11.8 Å². The molecular weight excluding hydrogens is 192 g/mol. The maximum Gasteiger partial charge on any atom is 0.0499 e. The van der Waals surface area contributed by atoms with Gasteiger partial charge in [-0.15, -0.1) is 11.8 Å². The molecule has 0 saturated heterocycles. The predicted octanol–water partition coefficient (Wildman–Crippen LogP) is 2.88. The smallest absolute Gasteiger partial charge is 0.0499 e. The molecule has 2 heteroatoms. The fraction of sp³-hybridized carbons (Fsp3) is 0.417. The van der Waals surface area contributed by atoms with Crippen LogP contribution in [0, 0.1) is 6.92 Å². The summed E-state index contributed by atoms with van der Waals surface area (Å²) in [5, 5.41) is 9.10. The van der Waals surface area contributed by atoms with Gasteiger partial charge in [0.25, 0.3) is 0 Å². The molecule has 1 N–H and O–H groups in total. The van der Waals surface area contributed by atoms with Crippen LogP contribution in [0.5, 0.6) is 0 Å². The largest absolute Gasteiger partial charge is 0.396 e. The minimum absolute atomic E-state index is 0.00273. The van der Waals surface area contributed by atoms with E-state index in [9.17, 15) is 0 Å². The van der Waals surface area contributed by atoms with E-state index in [2.05, 4.69) is 32.2 Å². The molecule has 0 spiro atoms. The SMILES string of the molecule is [CH2]C(CO)c1cccc(SC)c1CC. The molecule has 0 amide bonds. The second-order valence-corrected chi connectivity index (χ2v) is 4.11. The first-order valence-electron chi connectivity index (χ1n) is 4.84. The normalized spacial score (nSPS) is 12.9. The van der Waals surface area contributed by atoms with Gasteiger partial charge in [-0.25, -0.2) is 0 Å². The summed E-state index contributed by atoms with van der Waals surface area (Å²) < 4.78 is 0. The van der Waals surface area contributed by atoms with Crippen LogP contribution in [0.3, 0.4) is 0 Å². The molecule has 0 aliphatic heterocycles. The van der Waals surface area contributed by atoms with Crippen LogP contribution in [0.15, 0.2) is 23.1 Å². The highest BCUT2D eigenvalue weighted by molar-refractivity contribution is 7.98. The van der Waals surface area contributed by atoms with Gasteiger partial charge in [-0.05, 0) is 36.8 Å². The van der Waals surface area contributed by atoms with Gasteiger partial charge in [0, 0.05) is 17.4 Å². The van der Waals surface area contributed by atoms with E-state index in [1.54, 1.807) is 11.8 Å². The van der Waals surface area contributed by atoms with Crippen LogP contribution in [-0.2, 0) is 6.42 Å². The molecule has 1 radical (unpaired) electrons. The topological polar surface area (TPSA) is 20.2 Å². The Morgan fingerprint density at radius 3 is 2.71 bits per heavy atom. The molecule has 1 unspecified atom stereocenters. The molecule has 77 valence electrons. The molecule has 14 heavy (non-hydrogen) atoms. The highest BCUT2D eigenvalue weighted by atomic mass is 32.2. The fourth-order valence-corrected chi connectivity index (χ4v) is 2.36. The standard InChI is InChI=1S/C12H17OS/c1-4-10-11(9(2)8-13)6-5-7-12(10)14-3/h5-7,9,13H,2,4,8H2,1,3H3. The molecule has 1 nitrogen and oxygen atoms in total. The van der Waals surface area contributed by atoms with Crippen LogP contribution >= 0.6 is 11.8 Å². The molecule has 1 atom stereocenters. The highest BCUT2D eigenvalue weighted by Crippen LogP contribution is 2.28. The highest BCUT2D eigenvalue weighted by Gasteiger charge is 2.11. The molecule has 1 rings (SSSR count). The maximum atomic E-state index is 9.10. The van der Waals surface area contributed by atoms with E-state index in [4.69, 9.17) is 5.11 Å². The zero-order valence-corrected chi connectivity index (χ0v) is 9.60. The third-order valence-electron chi connectivity index (χ3n) is 2.40. The summed E-state index contributed by atoms with van der Waals surface area (Å²) in [6, 6.07) is 6.22. The average molecular weight is 209 g/mol. The van der Waals surface area contributed by atoms with Gasteiger partial charge in [-0.2, -0.15) is 0 Å². The van der Waals surface area contributed by atoms with Gasteiger partial charge in [0.2, 0.25) is 0 Å². The Morgan fingerprint density at radius 1 is 1.50 bits per heavy atom. The van der Waals surface area contributed by atoms with E-state index in [1.807, 2.05) is 6.07 Å². The Labute approximate surface area is 90.5 Å². The summed E-state index contributed by atoms with van der Waals surface area (Å²) in [6.45, 7) is 6.21. The van der Waals surface area contributed by atoms with Crippen molar-refractivity contribution in [3.05, 3.63) is 36.2 Å². The second-order valence-electron chi connectivity index (χ2n) is 3.26. The number of aliphatic hydroxyl groups is 1. The number of hydrogen-bond acceptors (Lipinski definition) is 2. The second kappa shape index (κ2) is 5.42. The molecule has 1 aromatic carbocycles. The first-order chi connectivity index (χ1) is 6.74. The van der Waals surface area contributed by atoms with Gasteiger partial charge in [0.1, 0.15) is 0 Å². The molecule has 0 saturated carbocycles. The molecule has 0 aliphatic rings. The number of benzene rings is 1. The lowest BCUT2D eigenvalue weighted by Crippen LogP contribution is -2.04. The number of thioether (sulfide) groups is 1. The quantitative estimate of drug-likeness (QED) is 0.769. The third kappa shape index (κ3) is 2.31. The van der Waals surface area contributed by atoms with Crippen LogP contribution in [-0.4, -0.2) is 18.0 Å². The van der Waals surface area contributed by atoms with Gasteiger partial charge in [0.05, 0.1) is 0 Å². The molecule has 0 aliphatic carbocycles. The summed E-state index contributed by atoms with van der Waals surface area (Å²) in [5.41, 5.74) is 2.51. The van der Waals surface area contributed by atoms with Crippen molar-refractivity contribution in [1.29, 1.82) is 0 Å². The van der Waals surface area contributed by atoms with E-state index < -0.39 is 0 Å². The van der Waals surface area contributed by atoms with Gasteiger partial charge in [-0.1, -0.05) is 19.1 Å². The third-order valence-corrected chi connectivity index (χ3v) is 3.23. The lowest BCUT2D eigenvalue weighted by atomic mass is 9.95. The van der Waals surface area contributed by atoms with Crippen LogP contribution in [0.2, 0.25) is 0 Å². The molecule has 1 aromatic rings. The zero-order valence-electron chi connectivity index (χ0n) is 8.79. The van der Waals surface area contributed by atoms with E-state index in [1.165, 1.54) is 16.0 Å². The van der Waals surface area contributed by atoms with Crippen molar-refractivity contribution in [3.63, 3.8) is 0 Å². The summed E-state index contributed by atoms with van der Waals surface area (Å²) in [7, 11) is 0. The number of hydrogen-bond donors (Lipinski definition) is 1. The molecule has 0 bridgehead atoms. The van der Waals surface area contributed by atoms with Crippen molar-refractivity contribution < 1.29 is 5.11 Å². The molecule has 0 heterocycles. The first kappa shape index (κ1) is 11.6. The van der Waals surface area contributed by atoms with Gasteiger partial charge < -0.3 is 5.11 Å². The Balaban J connectivity index is 3.14. The first-order valence-corrected chi connectivity index (χ1v) is 6.06. The maximum absolute atomic E-state index is 9.10. The monoisotopic (exact) mass is 209 g/mol. The van der Waals surface area contributed by atoms with Crippen LogP contribution in [0.4, 0.5) is 0 Å². The van der Waals surface area contributed by atoms with Crippen molar-refractivity contribution in [2.75, 3.05) is 12.9 Å². The van der Waals surface area contributed by atoms with Crippen molar-refractivity contribution in [2.24, 2.45) is 0 Å². The summed E-state index contributed by atoms with van der Waals surface area (Å²) >= 11 is 1.75.